The van der Waals surface area contributed by atoms with Gasteiger partial charge in [-0.3, -0.25) is 4.79 Å². The van der Waals surface area contributed by atoms with Gasteiger partial charge in [-0.1, -0.05) is 0 Å². The van der Waals surface area contributed by atoms with Gasteiger partial charge >= 0.3 is 0 Å². The van der Waals surface area contributed by atoms with Crippen molar-refractivity contribution in [1.29, 1.82) is 0 Å². The summed E-state index contributed by atoms with van der Waals surface area (Å²) in [5.74, 6) is 0.534. The minimum atomic E-state index is -0.187. The second kappa shape index (κ2) is 4.47. The Morgan fingerprint density at radius 2 is 2.43 bits per heavy atom. The number of hydrogen-bond donors (Lipinski definition) is 2. The lowest BCUT2D eigenvalue weighted by atomic mass is 9.74. The van der Waals surface area contributed by atoms with Crippen LogP contribution < -0.4 is 10.6 Å². The Labute approximate surface area is 90.2 Å². The summed E-state index contributed by atoms with van der Waals surface area (Å²) < 4.78 is 5.38. The van der Waals surface area contributed by atoms with Crippen LogP contribution in [0.25, 0.3) is 0 Å². The summed E-state index contributed by atoms with van der Waals surface area (Å²) in [6.45, 7) is 3.15. The van der Waals surface area contributed by atoms with Crippen molar-refractivity contribution in [3.8, 4) is 0 Å². The molecule has 0 aromatic carbocycles. The van der Waals surface area contributed by atoms with Gasteiger partial charge in [0.25, 0.3) is 0 Å². The van der Waals surface area contributed by atoms with E-state index < -0.39 is 0 Å². The number of rotatable bonds is 1. The van der Waals surface area contributed by atoms with E-state index >= 15 is 0 Å². The number of carbonyl (C=O) groups is 1. The van der Waals surface area contributed by atoms with E-state index in [1.807, 2.05) is 0 Å². The fourth-order valence-electron chi connectivity index (χ4n) is 2.43. The molecule has 0 aliphatic carbocycles. The smallest absolute Gasteiger partial charge is 0.227 e. The van der Waals surface area contributed by atoms with Crippen molar-refractivity contribution >= 4 is 18.3 Å². The zero-order valence-electron chi connectivity index (χ0n) is 8.34. The third-order valence-corrected chi connectivity index (χ3v) is 3.30. The zero-order chi connectivity index (χ0) is 9.31. The summed E-state index contributed by atoms with van der Waals surface area (Å²) in [5.41, 5.74) is -0.187. The number of carbonyl (C=O) groups excluding carboxylic acids is 1. The van der Waals surface area contributed by atoms with Crippen molar-refractivity contribution in [2.45, 2.75) is 6.42 Å². The molecule has 5 heteroatoms. The van der Waals surface area contributed by atoms with E-state index in [0.717, 1.165) is 26.1 Å². The number of nitrogens with one attached hydrogen (secondary N) is 2. The predicted octanol–water partition coefficient (Wildman–Crippen LogP) is -0.220. The van der Waals surface area contributed by atoms with Gasteiger partial charge in [0.15, 0.2) is 0 Å². The van der Waals surface area contributed by atoms with Gasteiger partial charge in [-0.25, -0.2) is 0 Å². The van der Waals surface area contributed by atoms with Gasteiger partial charge in [0, 0.05) is 32.7 Å². The van der Waals surface area contributed by atoms with Gasteiger partial charge in [-0.15, -0.1) is 12.4 Å². The normalized spacial score (nSPS) is 35.6. The first-order chi connectivity index (χ1) is 6.29. The van der Waals surface area contributed by atoms with E-state index in [9.17, 15) is 4.79 Å². The minimum absolute atomic E-state index is 0. The van der Waals surface area contributed by atoms with Crippen molar-refractivity contribution in [2.24, 2.45) is 11.3 Å². The summed E-state index contributed by atoms with van der Waals surface area (Å²) in [7, 11) is 1.71. The largest absolute Gasteiger partial charge is 0.381 e. The Hall–Kier alpha value is -0.320. The van der Waals surface area contributed by atoms with Crippen LogP contribution in [0.3, 0.4) is 0 Å². The maximum absolute atomic E-state index is 11.8. The monoisotopic (exact) mass is 220 g/mol. The van der Waals surface area contributed by atoms with E-state index in [2.05, 4.69) is 10.6 Å². The van der Waals surface area contributed by atoms with Gasteiger partial charge < -0.3 is 15.4 Å². The minimum Gasteiger partial charge on any atom is -0.381 e. The van der Waals surface area contributed by atoms with Crippen LogP contribution in [0.1, 0.15) is 6.42 Å². The highest BCUT2D eigenvalue weighted by atomic mass is 35.5. The van der Waals surface area contributed by atoms with Crippen molar-refractivity contribution in [3.05, 3.63) is 0 Å². The second-order valence-corrected chi connectivity index (χ2v) is 3.89. The number of amides is 1. The van der Waals surface area contributed by atoms with E-state index in [1.54, 1.807) is 7.05 Å². The Kier molecular flexibility index (Phi) is 3.75. The van der Waals surface area contributed by atoms with Crippen LogP contribution in [0.15, 0.2) is 0 Å². The molecular weight excluding hydrogens is 204 g/mol. The molecule has 2 unspecified atom stereocenters. The number of ether oxygens (including phenoxy) is 1. The van der Waals surface area contributed by atoms with Crippen molar-refractivity contribution in [2.75, 3.05) is 33.4 Å². The van der Waals surface area contributed by atoms with E-state index in [4.69, 9.17) is 4.74 Å². The summed E-state index contributed by atoms with van der Waals surface area (Å²) in [6, 6.07) is 0. The number of fused-ring (bicyclic) bond motifs is 1. The molecule has 0 spiro atoms. The van der Waals surface area contributed by atoms with Crippen LogP contribution in [-0.2, 0) is 9.53 Å². The molecule has 14 heavy (non-hydrogen) atoms. The van der Waals surface area contributed by atoms with Crippen LogP contribution in [0.5, 0.6) is 0 Å². The Morgan fingerprint density at radius 3 is 3.14 bits per heavy atom. The fourth-order valence-corrected chi connectivity index (χ4v) is 2.43. The molecule has 82 valence electrons. The molecule has 2 aliphatic rings. The van der Waals surface area contributed by atoms with Crippen molar-refractivity contribution in [1.82, 2.24) is 10.6 Å². The first kappa shape index (κ1) is 11.8. The highest BCUT2D eigenvalue weighted by Gasteiger charge is 2.50. The molecule has 2 atom stereocenters. The SMILES string of the molecule is CNC(=O)C12CCOCC1CNC2.Cl. The maximum atomic E-state index is 11.8. The highest BCUT2D eigenvalue weighted by molar-refractivity contribution is 5.85. The molecule has 0 saturated carbocycles. The molecule has 1 amide bonds. The molecule has 0 bridgehead atoms. The van der Waals surface area contributed by atoms with Gasteiger partial charge in [0.1, 0.15) is 0 Å². The topological polar surface area (TPSA) is 50.4 Å². The number of halogens is 1. The maximum Gasteiger partial charge on any atom is 0.227 e. The van der Waals surface area contributed by atoms with Crippen molar-refractivity contribution < 1.29 is 9.53 Å². The molecule has 0 aromatic rings. The predicted molar refractivity (Wildman–Crippen MR) is 55.5 cm³/mol. The average Bonchev–Trinajstić information content (AvgIpc) is 2.61. The van der Waals surface area contributed by atoms with E-state index in [0.29, 0.717) is 12.5 Å². The number of hydrogen-bond acceptors (Lipinski definition) is 3. The lowest BCUT2D eigenvalue weighted by molar-refractivity contribution is -0.138. The Morgan fingerprint density at radius 1 is 1.64 bits per heavy atom. The molecule has 2 rings (SSSR count). The summed E-state index contributed by atoms with van der Waals surface area (Å²) in [5, 5.41) is 6.04. The molecule has 0 radical (unpaired) electrons. The molecule has 4 nitrogen and oxygen atoms in total. The molecule has 2 fully saturated rings. The average molecular weight is 221 g/mol. The molecule has 2 aliphatic heterocycles. The third kappa shape index (κ3) is 1.62. The van der Waals surface area contributed by atoms with E-state index in [-0.39, 0.29) is 23.7 Å². The van der Waals surface area contributed by atoms with Gasteiger partial charge in [0.05, 0.1) is 12.0 Å². The van der Waals surface area contributed by atoms with Crippen LogP contribution in [0, 0.1) is 11.3 Å². The zero-order valence-corrected chi connectivity index (χ0v) is 9.15. The van der Waals surface area contributed by atoms with Crippen LogP contribution >= 0.6 is 12.4 Å². The summed E-state index contributed by atoms with van der Waals surface area (Å²) in [4.78, 5) is 11.8. The molecule has 2 saturated heterocycles. The summed E-state index contributed by atoms with van der Waals surface area (Å²) in [6.07, 6.45) is 0.852. The van der Waals surface area contributed by atoms with Gasteiger partial charge in [0.2, 0.25) is 5.91 Å². The molecular formula is C9H17ClN2O2. The molecule has 2 heterocycles. The first-order valence-corrected chi connectivity index (χ1v) is 4.80. The van der Waals surface area contributed by atoms with Crippen LogP contribution in [0.2, 0.25) is 0 Å². The van der Waals surface area contributed by atoms with E-state index in [1.165, 1.54) is 0 Å². The fraction of sp³-hybridized carbons (Fsp3) is 0.889. The Bertz CT molecular complexity index is 225. The second-order valence-electron chi connectivity index (χ2n) is 3.89. The molecule has 2 N–H and O–H groups in total. The standard InChI is InChI=1S/C9H16N2O2.ClH/c1-10-8(12)9-2-3-13-5-7(9)4-11-6-9;/h7,11H,2-6H2,1H3,(H,10,12);1H. The van der Waals surface area contributed by atoms with Crippen LogP contribution in [0.4, 0.5) is 0 Å². The lowest BCUT2D eigenvalue weighted by Crippen LogP contribution is -2.49. The van der Waals surface area contributed by atoms with Crippen LogP contribution in [-0.4, -0.2) is 39.3 Å². The first-order valence-electron chi connectivity index (χ1n) is 4.80. The highest BCUT2D eigenvalue weighted by Crippen LogP contribution is 2.38. The van der Waals surface area contributed by atoms with Crippen molar-refractivity contribution in [3.63, 3.8) is 0 Å². The quantitative estimate of drug-likeness (QED) is 0.643. The Balaban J connectivity index is 0.000000980. The van der Waals surface area contributed by atoms with Gasteiger partial charge in [-0.05, 0) is 6.42 Å². The van der Waals surface area contributed by atoms with Gasteiger partial charge in [-0.2, -0.15) is 0 Å². The molecule has 0 aromatic heterocycles. The summed E-state index contributed by atoms with van der Waals surface area (Å²) >= 11 is 0. The lowest BCUT2D eigenvalue weighted by Gasteiger charge is -2.36. The third-order valence-electron chi connectivity index (χ3n) is 3.30.